The zero-order valence-electron chi connectivity index (χ0n) is 20.4. The molecule has 2 N–H and O–H groups in total. The van der Waals surface area contributed by atoms with Gasteiger partial charge in [0.15, 0.2) is 0 Å². The molecule has 0 aliphatic carbocycles. The van der Waals surface area contributed by atoms with Crippen molar-refractivity contribution in [2.24, 2.45) is 0 Å². The van der Waals surface area contributed by atoms with Crippen molar-refractivity contribution in [2.45, 2.75) is 39.2 Å². The number of ether oxygens (including phenoxy) is 1. The van der Waals surface area contributed by atoms with Gasteiger partial charge in [-0.15, -0.1) is 0 Å². The van der Waals surface area contributed by atoms with Crippen molar-refractivity contribution in [1.82, 2.24) is 9.55 Å². The van der Waals surface area contributed by atoms with E-state index in [-0.39, 0.29) is 23.7 Å². The quantitative estimate of drug-likeness (QED) is 0.331. The van der Waals surface area contributed by atoms with Crippen LogP contribution in [0.1, 0.15) is 36.2 Å². The third kappa shape index (κ3) is 4.87. The summed E-state index contributed by atoms with van der Waals surface area (Å²) in [6.07, 6.45) is -3.00. The highest BCUT2D eigenvalue weighted by molar-refractivity contribution is 5.70. The molecule has 188 valence electrons. The Hall–Kier alpha value is -3.62. The van der Waals surface area contributed by atoms with E-state index in [1.165, 1.54) is 25.3 Å². The maximum Gasteiger partial charge on any atom is 0.417 e. The van der Waals surface area contributed by atoms with Crippen LogP contribution in [0.5, 0.6) is 5.75 Å². The van der Waals surface area contributed by atoms with Crippen LogP contribution in [-0.4, -0.2) is 26.9 Å². The summed E-state index contributed by atoms with van der Waals surface area (Å²) < 4.78 is 48.5. The van der Waals surface area contributed by atoms with Gasteiger partial charge in [-0.3, -0.25) is 4.57 Å². The van der Waals surface area contributed by atoms with Crippen molar-refractivity contribution in [3.63, 3.8) is 0 Å². The molecular weight excluding hydrogens is 469 g/mol. The van der Waals surface area contributed by atoms with Gasteiger partial charge >= 0.3 is 6.18 Å². The lowest BCUT2D eigenvalue weighted by atomic mass is 10.00. The molecule has 0 spiro atoms. The molecule has 0 amide bonds. The first-order valence-corrected chi connectivity index (χ1v) is 11.3. The number of aromatic nitrogens is 2. The number of imidazole rings is 1. The number of methoxy groups -OCH3 is 1. The van der Waals surface area contributed by atoms with Gasteiger partial charge in [0.05, 0.1) is 30.7 Å². The first-order chi connectivity index (χ1) is 16.9. The normalized spacial score (nSPS) is 12.1. The lowest BCUT2D eigenvalue weighted by Crippen LogP contribution is -2.15. The second-order valence-electron chi connectivity index (χ2n) is 9.11. The molecule has 0 bridgehead atoms. The SMILES string of the molecule is COc1cc(-c2ccc(-n3cc(C(C)(C)O)nc3-c3ccccc3C(F)(F)F)c(C)c2)ccc1CO. The number of aliphatic hydroxyl groups is 2. The maximum atomic E-state index is 13.8. The number of aliphatic hydroxyl groups excluding tert-OH is 1. The number of benzene rings is 3. The Morgan fingerprint density at radius 2 is 1.64 bits per heavy atom. The van der Waals surface area contributed by atoms with Crippen molar-refractivity contribution in [2.75, 3.05) is 7.11 Å². The fourth-order valence-corrected chi connectivity index (χ4v) is 4.13. The van der Waals surface area contributed by atoms with E-state index < -0.39 is 17.3 Å². The van der Waals surface area contributed by atoms with Gasteiger partial charge in [0.25, 0.3) is 0 Å². The number of hydrogen-bond acceptors (Lipinski definition) is 4. The monoisotopic (exact) mass is 496 g/mol. The molecule has 0 unspecified atom stereocenters. The summed E-state index contributed by atoms with van der Waals surface area (Å²) in [6, 6.07) is 16.4. The molecule has 1 heterocycles. The summed E-state index contributed by atoms with van der Waals surface area (Å²) >= 11 is 0. The summed E-state index contributed by atoms with van der Waals surface area (Å²) in [6.45, 7) is 4.80. The Labute approximate surface area is 207 Å². The molecule has 0 aliphatic rings. The number of rotatable bonds is 6. The average Bonchev–Trinajstić information content (AvgIpc) is 3.28. The highest BCUT2D eigenvalue weighted by atomic mass is 19.4. The van der Waals surface area contributed by atoms with Crippen LogP contribution in [0.25, 0.3) is 28.2 Å². The van der Waals surface area contributed by atoms with E-state index in [9.17, 15) is 23.4 Å². The van der Waals surface area contributed by atoms with Crippen molar-refractivity contribution in [1.29, 1.82) is 0 Å². The molecule has 0 aliphatic heterocycles. The number of aryl methyl sites for hydroxylation is 1. The van der Waals surface area contributed by atoms with Crippen molar-refractivity contribution in [3.8, 4) is 34.0 Å². The van der Waals surface area contributed by atoms with E-state index in [0.717, 1.165) is 22.8 Å². The predicted molar refractivity (Wildman–Crippen MR) is 132 cm³/mol. The van der Waals surface area contributed by atoms with Gasteiger partial charge < -0.3 is 14.9 Å². The summed E-state index contributed by atoms with van der Waals surface area (Å²) in [5.74, 6) is 0.650. The van der Waals surface area contributed by atoms with Crippen LogP contribution in [0.4, 0.5) is 13.2 Å². The van der Waals surface area contributed by atoms with Crippen LogP contribution in [0.3, 0.4) is 0 Å². The van der Waals surface area contributed by atoms with E-state index >= 15 is 0 Å². The molecule has 1 aromatic heterocycles. The lowest BCUT2D eigenvalue weighted by Gasteiger charge is -2.16. The smallest absolute Gasteiger partial charge is 0.417 e. The Morgan fingerprint density at radius 3 is 2.25 bits per heavy atom. The minimum absolute atomic E-state index is 0.0756. The molecule has 4 aromatic rings. The second kappa shape index (κ2) is 9.44. The van der Waals surface area contributed by atoms with Crippen molar-refractivity contribution in [3.05, 3.63) is 89.2 Å². The fourth-order valence-electron chi connectivity index (χ4n) is 4.13. The molecule has 36 heavy (non-hydrogen) atoms. The molecule has 0 atom stereocenters. The van der Waals surface area contributed by atoms with Crippen molar-refractivity contribution < 1.29 is 28.1 Å². The molecule has 0 radical (unpaired) electrons. The van der Waals surface area contributed by atoms with E-state index in [4.69, 9.17) is 4.74 Å². The molecule has 3 aromatic carbocycles. The number of nitrogens with zero attached hydrogens (tertiary/aromatic N) is 2. The van der Waals surface area contributed by atoms with Crippen LogP contribution in [-0.2, 0) is 18.4 Å². The molecule has 0 fully saturated rings. The summed E-state index contributed by atoms with van der Waals surface area (Å²) in [4.78, 5) is 4.44. The van der Waals surface area contributed by atoms with Gasteiger partial charge in [0, 0.05) is 17.3 Å². The van der Waals surface area contributed by atoms with E-state index in [1.807, 2.05) is 37.3 Å². The van der Waals surface area contributed by atoms with Crippen LogP contribution in [0.2, 0.25) is 0 Å². The molecule has 0 saturated carbocycles. The Bertz CT molecular complexity index is 1400. The highest BCUT2D eigenvalue weighted by Crippen LogP contribution is 2.39. The zero-order valence-corrected chi connectivity index (χ0v) is 20.4. The Balaban J connectivity index is 1.88. The molecule has 4 rings (SSSR count). The van der Waals surface area contributed by atoms with E-state index in [2.05, 4.69) is 4.98 Å². The molecule has 0 saturated heterocycles. The third-order valence-corrected chi connectivity index (χ3v) is 6.05. The molecule has 8 heteroatoms. The lowest BCUT2D eigenvalue weighted by molar-refractivity contribution is -0.137. The summed E-state index contributed by atoms with van der Waals surface area (Å²) in [5.41, 5.74) is 1.85. The number of hydrogen-bond donors (Lipinski definition) is 2. The van der Waals surface area contributed by atoms with Gasteiger partial charge in [-0.2, -0.15) is 13.2 Å². The topological polar surface area (TPSA) is 67.5 Å². The first kappa shape index (κ1) is 25.5. The van der Waals surface area contributed by atoms with Crippen LogP contribution < -0.4 is 4.74 Å². The summed E-state index contributed by atoms with van der Waals surface area (Å²) in [5, 5.41) is 20.1. The van der Waals surface area contributed by atoms with Gasteiger partial charge in [0.2, 0.25) is 0 Å². The van der Waals surface area contributed by atoms with Gasteiger partial charge in [-0.1, -0.05) is 36.4 Å². The standard InChI is InChI=1S/C28H27F3N2O3/c1-17-13-18(19-9-10-20(16-34)24(14-19)36-4)11-12-23(17)33-15-25(27(2,3)35)32-26(33)21-7-5-6-8-22(21)28(29,30)31/h5-15,34-35H,16H2,1-4H3. The average molecular weight is 497 g/mol. The molecule has 5 nitrogen and oxygen atoms in total. The van der Waals surface area contributed by atoms with Crippen LogP contribution in [0, 0.1) is 6.92 Å². The fraction of sp³-hybridized carbons (Fsp3) is 0.250. The van der Waals surface area contributed by atoms with Crippen molar-refractivity contribution >= 4 is 0 Å². The summed E-state index contributed by atoms with van der Waals surface area (Å²) in [7, 11) is 1.53. The maximum absolute atomic E-state index is 13.8. The van der Waals surface area contributed by atoms with Crippen LogP contribution >= 0.6 is 0 Å². The highest BCUT2D eigenvalue weighted by Gasteiger charge is 2.35. The largest absolute Gasteiger partial charge is 0.496 e. The predicted octanol–water partition coefficient (Wildman–Crippen LogP) is 6.26. The van der Waals surface area contributed by atoms with Crippen LogP contribution in [0.15, 0.2) is 66.9 Å². The van der Waals surface area contributed by atoms with E-state index in [1.54, 1.807) is 30.7 Å². The Kier molecular flexibility index (Phi) is 6.68. The minimum atomic E-state index is -4.57. The number of alkyl halides is 3. The zero-order chi connectivity index (χ0) is 26.3. The van der Waals surface area contributed by atoms with Gasteiger partial charge in [0.1, 0.15) is 17.2 Å². The first-order valence-electron chi connectivity index (χ1n) is 11.3. The number of halogens is 3. The second-order valence-corrected chi connectivity index (χ2v) is 9.11. The van der Waals surface area contributed by atoms with E-state index in [0.29, 0.717) is 17.0 Å². The van der Waals surface area contributed by atoms with Gasteiger partial charge in [-0.05, 0) is 61.7 Å². The van der Waals surface area contributed by atoms with Gasteiger partial charge in [-0.25, -0.2) is 4.98 Å². The third-order valence-electron chi connectivity index (χ3n) is 6.05. The Morgan fingerprint density at radius 1 is 0.972 bits per heavy atom. The minimum Gasteiger partial charge on any atom is -0.496 e. The molecular formula is C28H27F3N2O3.